The van der Waals surface area contributed by atoms with Gasteiger partial charge in [-0.2, -0.15) is 0 Å². The number of carbonyl (C=O) groups is 2. The molecule has 5 aromatic rings. The zero-order valence-corrected chi connectivity index (χ0v) is 21.0. The zero-order valence-electron chi connectivity index (χ0n) is 20.2. The van der Waals surface area contributed by atoms with Crippen molar-refractivity contribution in [3.63, 3.8) is 0 Å². The molecule has 5 rings (SSSR count). The molecule has 1 amide bonds. The first-order chi connectivity index (χ1) is 18.2. The summed E-state index contributed by atoms with van der Waals surface area (Å²) in [5, 5.41) is 2.60. The van der Waals surface area contributed by atoms with Crippen LogP contribution in [0.5, 0.6) is 0 Å². The number of aromatic nitrogens is 1. The maximum absolute atomic E-state index is 13.7. The number of sulfonamides is 1. The van der Waals surface area contributed by atoms with Crippen LogP contribution >= 0.6 is 0 Å². The SMILES string of the molecule is CC(C(=O)n1cc(CC(=O)NS(=O)(=O)c2ccc(F)c(F)c2)c2ccccc21)c1cccc2ccccc12. The summed E-state index contributed by atoms with van der Waals surface area (Å²) in [6.45, 7) is 1.82. The number of benzene rings is 4. The van der Waals surface area contributed by atoms with Crippen molar-refractivity contribution in [1.82, 2.24) is 9.29 Å². The lowest BCUT2D eigenvalue weighted by atomic mass is 9.94. The summed E-state index contributed by atoms with van der Waals surface area (Å²) in [5.74, 6) is -4.15. The third-order valence-electron chi connectivity index (χ3n) is 6.49. The average molecular weight is 533 g/mol. The third-order valence-corrected chi connectivity index (χ3v) is 7.86. The van der Waals surface area contributed by atoms with Gasteiger partial charge >= 0.3 is 0 Å². The molecule has 38 heavy (non-hydrogen) atoms. The number of fused-ring (bicyclic) bond motifs is 2. The molecule has 0 aliphatic carbocycles. The Morgan fingerprint density at radius 2 is 1.55 bits per heavy atom. The minimum atomic E-state index is -4.43. The first kappa shape index (κ1) is 25.3. The Balaban J connectivity index is 1.44. The summed E-state index contributed by atoms with van der Waals surface area (Å²) in [6, 6.07) is 22.6. The Labute approximate surface area is 217 Å². The number of para-hydroxylation sites is 1. The Morgan fingerprint density at radius 3 is 2.32 bits per heavy atom. The molecule has 1 atom stereocenters. The second kappa shape index (κ2) is 9.83. The van der Waals surface area contributed by atoms with E-state index < -0.39 is 38.4 Å². The van der Waals surface area contributed by atoms with E-state index in [0.29, 0.717) is 28.6 Å². The highest BCUT2D eigenvalue weighted by molar-refractivity contribution is 7.90. The van der Waals surface area contributed by atoms with Gasteiger partial charge in [0.2, 0.25) is 11.8 Å². The summed E-state index contributed by atoms with van der Waals surface area (Å²) in [6.07, 6.45) is 1.19. The molecule has 1 unspecified atom stereocenters. The van der Waals surface area contributed by atoms with E-state index in [4.69, 9.17) is 0 Å². The molecule has 0 bridgehead atoms. The molecule has 0 fully saturated rings. The molecule has 1 aromatic heterocycles. The van der Waals surface area contributed by atoms with Crippen LogP contribution in [0.2, 0.25) is 0 Å². The topological polar surface area (TPSA) is 85.2 Å². The van der Waals surface area contributed by atoms with Crippen molar-refractivity contribution in [3.05, 3.63) is 114 Å². The summed E-state index contributed by atoms with van der Waals surface area (Å²) < 4.78 is 55.2. The second-order valence-electron chi connectivity index (χ2n) is 8.95. The van der Waals surface area contributed by atoms with Crippen molar-refractivity contribution in [2.45, 2.75) is 24.2 Å². The van der Waals surface area contributed by atoms with Gasteiger partial charge in [-0.05, 0) is 53.1 Å². The van der Waals surface area contributed by atoms with Crippen LogP contribution in [-0.4, -0.2) is 24.8 Å². The van der Waals surface area contributed by atoms with Crippen LogP contribution in [0.4, 0.5) is 8.78 Å². The third kappa shape index (κ3) is 4.68. The van der Waals surface area contributed by atoms with Gasteiger partial charge in [0, 0.05) is 11.6 Å². The van der Waals surface area contributed by atoms with Gasteiger partial charge in [-0.3, -0.25) is 14.2 Å². The summed E-state index contributed by atoms with van der Waals surface area (Å²) in [7, 11) is -4.43. The van der Waals surface area contributed by atoms with Gasteiger partial charge in [-0.25, -0.2) is 21.9 Å². The number of carbonyl (C=O) groups excluding carboxylic acids is 2. The van der Waals surface area contributed by atoms with Crippen LogP contribution < -0.4 is 4.72 Å². The highest BCUT2D eigenvalue weighted by atomic mass is 32.2. The number of hydrogen-bond donors (Lipinski definition) is 1. The van der Waals surface area contributed by atoms with Gasteiger partial charge in [0.05, 0.1) is 22.8 Å². The standard InChI is InChI=1S/C29H22F2N2O4S/c1-18(22-11-6-8-19-7-2-3-9-23(19)22)29(35)33-17-20(24-10-4-5-12-27(24)33)15-28(34)32-38(36,37)21-13-14-25(30)26(31)16-21/h2-14,16-18H,15H2,1H3,(H,32,34). The largest absolute Gasteiger partial charge is 0.286 e. The average Bonchev–Trinajstić information content (AvgIpc) is 3.26. The smallest absolute Gasteiger partial charge is 0.264 e. The van der Waals surface area contributed by atoms with Crippen molar-refractivity contribution in [2.24, 2.45) is 0 Å². The van der Waals surface area contributed by atoms with E-state index in [1.54, 1.807) is 30.5 Å². The van der Waals surface area contributed by atoms with Crippen LogP contribution in [-0.2, 0) is 21.2 Å². The normalized spacial score (nSPS) is 12.5. The van der Waals surface area contributed by atoms with E-state index in [2.05, 4.69) is 0 Å². The molecular formula is C29H22F2N2O4S. The lowest BCUT2D eigenvalue weighted by Gasteiger charge is -2.15. The van der Waals surface area contributed by atoms with Crippen LogP contribution in [0.15, 0.2) is 96.0 Å². The molecule has 1 heterocycles. The van der Waals surface area contributed by atoms with Crippen LogP contribution in [0.3, 0.4) is 0 Å². The molecule has 192 valence electrons. The van der Waals surface area contributed by atoms with Crippen LogP contribution in [0, 0.1) is 11.6 Å². The highest BCUT2D eigenvalue weighted by Gasteiger charge is 2.24. The number of halogens is 2. The fraction of sp³-hybridized carbons (Fsp3) is 0.103. The first-order valence-electron chi connectivity index (χ1n) is 11.8. The molecule has 6 nitrogen and oxygen atoms in total. The highest BCUT2D eigenvalue weighted by Crippen LogP contribution is 2.29. The van der Waals surface area contributed by atoms with Gasteiger partial charge in [-0.15, -0.1) is 0 Å². The van der Waals surface area contributed by atoms with E-state index in [1.165, 1.54) is 4.57 Å². The van der Waals surface area contributed by atoms with Gasteiger partial charge in [0.15, 0.2) is 11.6 Å². The predicted octanol–water partition coefficient (Wildman–Crippen LogP) is 5.56. The minimum absolute atomic E-state index is 0.210. The lowest BCUT2D eigenvalue weighted by Crippen LogP contribution is -2.31. The van der Waals surface area contributed by atoms with Crippen LogP contribution in [0.1, 0.15) is 28.8 Å². The van der Waals surface area contributed by atoms with Crippen molar-refractivity contribution < 1.29 is 26.8 Å². The van der Waals surface area contributed by atoms with Gasteiger partial charge in [-0.1, -0.05) is 60.7 Å². The summed E-state index contributed by atoms with van der Waals surface area (Å²) in [4.78, 5) is 25.8. The first-order valence-corrected chi connectivity index (χ1v) is 13.3. The molecule has 0 saturated heterocycles. The Bertz CT molecular complexity index is 1820. The summed E-state index contributed by atoms with van der Waals surface area (Å²) >= 11 is 0. The molecule has 0 radical (unpaired) electrons. The van der Waals surface area contributed by atoms with Crippen molar-refractivity contribution >= 4 is 43.5 Å². The summed E-state index contributed by atoms with van der Waals surface area (Å²) in [5.41, 5.74) is 1.88. The van der Waals surface area contributed by atoms with E-state index in [1.807, 2.05) is 54.1 Å². The number of hydrogen-bond acceptors (Lipinski definition) is 4. The Hall–Kier alpha value is -4.37. The van der Waals surface area contributed by atoms with E-state index >= 15 is 0 Å². The monoisotopic (exact) mass is 532 g/mol. The number of nitrogens with zero attached hydrogens (tertiary/aromatic N) is 1. The maximum atomic E-state index is 13.7. The Kier molecular flexibility index (Phi) is 6.54. The fourth-order valence-electron chi connectivity index (χ4n) is 4.60. The number of nitrogens with one attached hydrogen (secondary N) is 1. The van der Waals surface area contributed by atoms with Crippen LogP contribution in [0.25, 0.3) is 21.7 Å². The van der Waals surface area contributed by atoms with E-state index in [9.17, 15) is 26.8 Å². The van der Waals surface area contributed by atoms with Gasteiger partial charge in [0.1, 0.15) is 0 Å². The predicted molar refractivity (Wildman–Crippen MR) is 140 cm³/mol. The molecular weight excluding hydrogens is 510 g/mol. The minimum Gasteiger partial charge on any atom is -0.286 e. The zero-order chi connectivity index (χ0) is 27.0. The molecule has 0 aliphatic heterocycles. The molecule has 4 aromatic carbocycles. The quantitative estimate of drug-likeness (QED) is 0.310. The van der Waals surface area contributed by atoms with Crippen molar-refractivity contribution in [3.8, 4) is 0 Å². The van der Waals surface area contributed by atoms with Gasteiger partial charge in [0.25, 0.3) is 10.0 Å². The molecule has 0 aliphatic rings. The Morgan fingerprint density at radius 1 is 0.868 bits per heavy atom. The van der Waals surface area contributed by atoms with Crippen molar-refractivity contribution in [2.75, 3.05) is 0 Å². The van der Waals surface area contributed by atoms with Gasteiger partial charge < -0.3 is 0 Å². The van der Waals surface area contributed by atoms with Crippen molar-refractivity contribution in [1.29, 1.82) is 0 Å². The fourth-order valence-corrected chi connectivity index (χ4v) is 5.60. The van der Waals surface area contributed by atoms with E-state index in [0.717, 1.165) is 22.4 Å². The lowest BCUT2D eigenvalue weighted by molar-refractivity contribution is -0.118. The maximum Gasteiger partial charge on any atom is 0.264 e. The molecule has 0 spiro atoms. The number of rotatable bonds is 6. The molecule has 1 N–H and O–H groups in total. The van der Waals surface area contributed by atoms with E-state index in [-0.39, 0.29) is 12.3 Å². The molecule has 0 saturated carbocycles. The molecule has 9 heteroatoms. The number of amides is 1. The second-order valence-corrected chi connectivity index (χ2v) is 10.6.